The second-order valence-electron chi connectivity index (χ2n) is 2.83. The molecule has 0 amide bonds. The molecule has 0 nitrogen and oxygen atoms in total. The molecule has 0 saturated heterocycles. The molecule has 1 aromatic heterocycles. The predicted molar refractivity (Wildman–Crippen MR) is 61.2 cm³/mol. The summed E-state index contributed by atoms with van der Waals surface area (Å²) in [4.78, 5) is 1.24. The SMILES string of the molecule is CCc1sc2cc(Cl)ccc2c1Cl. The average Bonchev–Trinajstić information content (AvgIpc) is 2.42. The topological polar surface area (TPSA) is 0 Å². The van der Waals surface area contributed by atoms with E-state index in [1.54, 1.807) is 11.3 Å². The van der Waals surface area contributed by atoms with Gasteiger partial charge < -0.3 is 0 Å². The van der Waals surface area contributed by atoms with Crippen molar-refractivity contribution in [1.29, 1.82) is 0 Å². The van der Waals surface area contributed by atoms with Crippen LogP contribution >= 0.6 is 34.5 Å². The Balaban J connectivity index is 2.76. The molecule has 0 fully saturated rings. The molecule has 2 aromatic rings. The first-order chi connectivity index (χ1) is 6.22. The third-order valence-electron chi connectivity index (χ3n) is 1.98. The molecule has 0 aliphatic heterocycles. The Bertz CT molecular complexity index is 445. The Labute approximate surface area is 91.1 Å². The van der Waals surface area contributed by atoms with Gasteiger partial charge in [-0.1, -0.05) is 36.2 Å². The highest BCUT2D eigenvalue weighted by Crippen LogP contribution is 2.36. The first-order valence-electron chi connectivity index (χ1n) is 4.08. The molecule has 0 aliphatic rings. The van der Waals surface area contributed by atoms with Crippen molar-refractivity contribution in [2.45, 2.75) is 13.3 Å². The number of halogens is 2. The molecule has 0 N–H and O–H groups in total. The van der Waals surface area contributed by atoms with E-state index in [9.17, 15) is 0 Å². The minimum absolute atomic E-state index is 0.771. The Morgan fingerprint density at radius 2 is 2.08 bits per heavy atom. The summed E-state index contributed by atoms with van der Waals surface area (Å²) in [6, 6.07) is 5.82. The standard InChI is InChI=1S/C10H8Cl2S/c1-2-8-10(12)7-4-3-6(11)5-9(7)13-8/h3-5H,2H2,1H3. The number of hydrogen-bond donors (Lipinski definition) is 0. The normalized spacial score (nSPS) is 11.0. The lowest BCUT2D eigenvalue weighted by Crippen LogP contribution is -1.70. The predicted octanol–water partition coefficient (Wildman–Crippen LogP) is 4.77. The van der Waals surface area contributed by atoms with Gasteiger partial charge in [0.2, 0.25) is 0 Å². The molecule has 3 heteroatoms. The third kappa shape index (κ3) is 1.56. The van der Waals surface area contributed by atoms with E-state index in [2.05, 4.69) is 6.92 Å². The lowest BCUT2D eigenvalue weighted by atomic mass is 10.2. The maximum Gasteiger partial charge on any atom is 0.0623 e. The van der Waals surface area contributed by atoms with Gasteiger partial charge in [-0.3, -0.25) is 0 Å². The van der Waals surface area contributed by atoms with Crippen LogP contribution in [0.15, 0.2) is 18.2 Å². The minimum atomic E-state index is 0.771. The average molecular weight is 231 g/mol. The quantitative estimate of drug-likeness (QED) is 0.663. The number of thiophene rings is 1. The van der Waals surface area contributed by atoms with Crippen LogP contribution in [0.3, 0.4) is 0 Å². The van der Waals surface area contributed by atoms with Gasteiger partial charge in [0.15, 0.2) is 0 Å². The summed E-state index contributed by atoms with van der Waals surface area (Å²) >= 11 is 13.8. The molecule has 13 heavy (non-hydrogen) atoms. The lowest BCUT2D eigenvalue weighted by Gasteiger charge is -1.90. The van der Waals surface area contributed by atoms with Crippen LogP contribution in [0.5, 0.6) is 0 Å². The number of rotatable bonds is 1. The van der Waals surface area contributed by atoms with Crippen molar-refractivity contribution in [2.75, 3.05) is 0 Å². The van der Waals surface area contributed by atoms with E-state index in [0.717, 1.165) is 21.9 Å². The van der Waals surface area contributed by atoms with Crippen LogP contribution in [-0.4, -0.2) is 0 Å². The van der Waals surface area contributed by atoms with Gasteiger partial charge in [0.25, 0.3) is 0 Å². The molecular weight excluding hydrogens is 223 g/mol. The van der Waals surface area contributed by atoms with Crippen molar-refractivity contribution >= 4 is 44.6 Å². The first-order valence-corrected chi connectivity index (χ1v) is 5.66. The first kappa shape index (κ1) is 9.32. The molecule has 0 atom stereocenters. The highest BCUT2D eigenvalue weighted by atomic mass is 35.5. The zero-order chi connectivity index (χ0) is 9.42. The lowest BCUT2D eigenvalue weighted by molar-refractivity contribution is 1.19. The van der Waals surface area contributed by atoms with Gasteiger partial charge in [-0.05, 0) is 18.6 Å². The van der Waals surface area contributed by atoms with E-state index in [0.29, 0.717) is 0 Å². The maximum absolute atomic E-state index is 6.18. The van der Waals surface area contributed by atoms with Gasteiger partial charge in [-0.15, -0.1) is 11.3 Å². The highest BCUT2D eigenvalue weighted by Gasteiger charge is 2.08. The van der Waals surface area contributed by atoms with Gasteiger partial charge in [0.05, 0.1) is 5.02 Å². The molecule has 0 unspecified atom stereocenters. The van der Waals surface area contributed by atoms with E-state index in [1.165, 1.54) is 9.58 Å². The maximum atomic E-state index is 6.18. The fraction of sp³-hybridized carbons (Fsp3) is 0.200. The van der Waals surface area contributed by atoms with E-state index >= 15 is 0 Å². The summed E-state index contributed by atoms with van der Waals surface area (Å²) in [5.41, 5.74) is 0. The van der Waals surface area contributed by atoms with Crippen molar-refractivity contribution in [3.63, 3.8) is 0 Å². The zero-order valence-corrected chi connectivity index (χ0v) is 9.43. The molecule has 1 aromatic carbocycles. The van der Waals surface area contributed by atoms with E-state index in [1.807, 2.05) is 18.2 Å². The van der Waals surface area contributed by atoms with E-state index in [-0.39, 0.29) is 0 Å². The summed E-state index contributed by atoms with van der Waals surface area (Å²) in [7, 11) is 0. The summed E-state index contributed by atoms with van der Waals surface area (Å²) in [6.07, 6.45) is 0.982. The zero-order valence-electron chi connectivity index (χ0n) is 7.10. The van der Waals surface area contributed by atoms with Crippen molar-refractivity contribution < 1.29 is 0 Å². The molecular formula is C10H8Cl2S. The van der Waals surface area contributed by atoms with Crippen molar-refractivity contribution in [3.8, 4) is 0 Å². The highest BCUT2D eigenvalue weighted by molar-refractivity contribution is 7.19. The molecule has 0 bridgehead atoms. The van der Waals surface area contributed by atoms with Crippen LogP contribution < -0.4 is 0 Å². The Kier molecular flexibility index (Phi) is 2.50. The van der Waals surface area contributed by atoms with E-state index in [4.69, 9.17) is 23.2 Å². The van der Waals surface area contributed by atoms with Crippen LogP contribution in [0.1, 0.15) is 11.8 Å². The smallest absolute Gasteiger partial charge is 0.0623 e. The number of fused-ring (bicyclic) bond motifs is 1. The monoisotopic (exact) mass is 230 g/mol. The van der Waals surface area contributed by atoms with Gasteiger partial charge in [-0.25, -0.2) is 0 Å². The molecule has 68 valence electrons. The number of aryl methyl sites for hydroxylation is 1. The molecule has 2 rings (SSSR count). The summed E-state index contributed by atoms with van der Waals surface area (Å²) < 4.78 is 1.18. The molecule has 0 radical (unpaired) electrons. The second-order valence-corrected chi connectivity index (χ2v) is 4.78. The molecule has 0 saturated carbocycles. The van der Waals surface area contributed by atoms with Crippen LogP contribution in [0.4, 0.5) is 0 Å². The molecule has 1 heterocycles. The van der Waals surface area contributed by atoms with Gasteiger partial charge >= 0.3 is 0 Å². The molecule has 0 aliphatic carbocycles. The van der Waals surface area contributed by atoms with Gasteiger partial charge in [-0.2, -0.15) is 0 Å². The Hall–Kier alpha value is -0.240. The summed E-state index contributed by atoms with van der Waals surface area (Å²) in [5.74, 6) is 0. The summed E-state index contributed by atoms with van der Waals surface area (Å²) in [5, 5.41) is 2.78. The second kappa shape index (κ2) is 3.49. The fourth-order valence-corrected chi connectivity index (χ4v) is 3.10. The molecule has 0 spiro atoms. The van der Waals surface area contributed by atoms with Crippen molar-refractivity contribution in [2.24, 2.45) is 0 Å². The Morgan fingerprint density at radius 1 is 1.31 bits per heavy atom. The minimum Gasteiger partial charge on any atom is -0.139 e. The van der Waals surface area contributed by atoms with Crippen LogP contribution in [0.2, 0.25) is 10.0 Å². The van der Waals surface area contributed by atoms with Crippen LogP contribution in [0.25, 0.3) is 10.1 Å². The number of hydrogen-bond acceptors (Lipinski definition) is 1. The number of benzene rings is 1. The summed E-state index contributed by atoms with van der Waals surface area (Å²) in [6.45, 7) is 2.11. The van der Waals surface area contributed by atoms with Crippen LogP contribution in [0, 0.1) is 0 Å². The van der Waals surface area contributed by atoms with Gasteiger partial charge in [0.1, 0.15) is 0 Å². The third-order valence-corrected chi connectivity index (χ3v) is 4.05. The van der Waals surface area contributed by atoms with Gasteiger partial charge in [0, 0.05) is 20.0 Å². The van der Waals surface area contributed by atoms with Crippen molar-refractivity contribution in [3.05, 3.63) is 33.1 Å². The van der Waals surface area contributed by atoms with Crippen LogP contribution in [-0.2, 0) is 6.42 Å². The fourth-order valence-electron chi connectivity index (χ4n) is 1.32. The van der Waals surface area contributed by atoms with Crippen molar-refractivity contribution in [1.82, 2.24) is 0 Å². The Morgan fingerprint density at radius 3 is 2.77 bits per heavy atom. The largest absolute Gasteiger partial charge is 0.139 e. The van der Waals surface area contributed by atoms with E-state index < -0.39 is 0 Å².